The summed E-state index contributed by atoms with van der Waals surface area (Å²) in [6.45, 7) is 0. The quantitative estimate of drug-likeness (QED) is 0.373. The van der Waals surface area contributed by atoms with Gasteiger partial charge in [-0.1, -0.05) is 53.8 Å². The third-order valence-electron chi connectivity index (χ3n) is 4.89. The molecule has 0 unspecified atom stereocenters. The number of amides is 1. The summed E-state index contributed by atoms with van der Waals surface area (Å²) >= 11 is 1.45. The zero-order valence-electron chi connectivity index (χ0n) is 17.2. The van der Waals surface area contributed by atoms with Crippen molar-refractivity contribution in [2.45, 2.75) is 19.3 Å². The molecular weight excluding hydrogens is 422 g/mol. The van der Waals surface area contributed by atoms with Crippen LogP contribution in [-0.4, -0.2) is 27.2 Å². The molecule has 0 aliphatic heterocycles. The number of hydrogen-bond donors (Lipinski definition) is 2. The van der Waals surface area contributed by atoms with Crippen LogP contribution in [0.15, 0.2) is 78.9 Å². The van der Waals surface area contributed by atoms with Gasteiger partial charge in [-0.15, -0.1) is 10.2 Å². The number of carboxylic acid groups (broad SMARTS) is 1. The van der Waals surface area contributed by atoms with E-state index in [4.69, 9.17) is 5.11 Å². The molecule has 32 heavy (non-hydrogen) atoms. The van der Waals surface area contributed by atoms with E-state index in [1.807, 2.05) is 78.9 Å². The summed E-state index contributed by atoms with van der Waals surface area (Å²) < 4.78 is 0. The molecule has 4 aromatic rings. The van der Waals surface area contributed by atoms with E-state index in [9.17, 15) is 9.59 Å². The number of rotatable bonds is 8. The minimum atomic E-state index is -0.806. The second-order valence-corrected chi connectivity index (χ2v) is 8.29. The molecule has 0 radical (unpaired) electrons. The smallest absolute Gasteiger partial charge is 0.303 e. The molecule has 0 aliphatic rings. The van der Waals surface area contributed by atoms with E-state index in [-0.39, 0.29) is 12.3 Å². The van der Waals surface area contributed by atoms with Crippen molar-refractivity contribution in [3.05, 3.63) is 89.4 Å². The highest BCUT2D eigenvalue weighted by atomic mass is 32.1. The van der Waals surface area contributed by atoms with E-state index in [2.05, 4.69) is 15.5 Å². The van der Waals surface area contributed by atoms with Gasteiger partial charge in [0, 0.05) is 29.7 Å². The zero-order chi connectivity index (χ0) is 22.3. The standard InChI is InChI=1S/C25H21N3O3S/c29-23(30)8-4-7-22-27-28-25(32-22)20-13-15-21(16-14-20)26-24(31)19-11-9-18(10-12-19)17-5-2-1-3-6-17/h1-3,5-6,9-16H,4,7-8H2,(H,26,31)(H,29,30). The normalized spacial score (nSPS) is 10.6. The summed E-state index contributed by atoms with van der Waals surface area (Å²) in [7, 11) is 0. The maximum atomic E-state index is 12.6. The topological polar surface area (TPSA) is 92.2 Å². The van der Waals surface area contributed by atoms with Crippen LogP contribution in [0.2, 0.25) is 0 Å². The molecule has 0 saturated carbocycles. The first kappa shape index (κ1) is 21.4. The van der Waals surface area contributed by atoms with Crippen LogP contribution in [-0.2, 0) is 11.2 Å². The van der Waals surface area contributed by atoms with Gasteiger partial charge in [0.25, 0.3) is 5.91 Å². The predicted molar refractivity (Wildman–Crippen MR) is 126 cm³/mol. The van der Waals surface area contributed by atoms with Crippen LogP contribution in [0.5, 0.6) is 0 Å². The van der Waals surface area contributed by atoms with Crippen molar-refractivity contribution in [3.63, 3.8) is 0 Å². The van der Waals surface area contributed by atoms with Crippen molar-refractivity contribution < 1.29 is 14.7 Å². The molecule has 1 amide bonds. The Morgan fingerprint density at radius 2 is 1.47 bits per heavy atom. The van der Waals surface area contributed by atoms with Crippen molar-refractivity contribution in [3.8, 4) is 21.7 Å². The van der Waals surface area contributed by atoms with Gasteiger partial charge < -0.3 is 10.4 Å². The maximum absolute atomic E-state index is 12.6. The number of anilines is 1. The molecule has 7 heteroatoms. The molecule has 0 spiro atoms. The molecule has 1 heterocycles. The Morgan fingerprint density at radius 3 is 2.16 bits per heavy atom. The van der Waals surface area contributed by atoms with Gasteiger partial charge in [-0.3, -0.25) is 9.59 Å². The number of aliphatic carboxylic acids is 1. The second-order valence-electron chi connectivity index (χ2n) is 7.22. The summed E-state index contributed by atoms with van der Waals surface area (Å²) in [5.74, 6) is -0.978. The molecule has 0 saturated heterocycles. The number of aromatic nitrogens is 2. The number of carbonyl (C=O) groups excluding carboxylic acids is 1. The van der Waals surface area contributed by atoms with Gasteiger partial charge >= 0.3 is 5.97 Å². The Kier molecular flexibility index (Phi) is 6.67. The Hall–Kier alpha value is -3.84. The Balaban J connectivity index is 1.37. The lowest BCUT2D eigenvalue weighted by Gasteiger charge is -2.07. The summed E-state index contributed by atoms with van der Waals surface area (Å²) in [4.78, 5) is 23.2. The van der Waals surface area contributed by atoms with Crippen LogP contribution in [0.3, 0.4) is 0 Å². The molecule has 6 nitrogen and oxygen atoms in total. The zero-order valence-corrected chi connectivity index (χ0v) is 18.0. The Labute approximate surface area is 189 Å². The Bertz CT molecular complexity index is 1200. The SMILES string of the molecule is O=C(O)CCCc1nnc(-c2ccc(NC(=O)c3ccc(-c4ccccc4)cc3)cc2)s1. The van der Waals surface area contributed by atoms with Crippen LogP contribution in [0.1, 0.15) is 28.2 Å². The highest BCUT2D eigenvalue weighted by molar-refractivity contribution is 7.14. The average molecular weight is 444 g/mol. The third kappa shape index (κ3) is 5.44. The van der Waals surface area contributed by atoms with Gasteiger partial charge in [0.1, 0.15) is 10.0 Å². The van der Waals surface area contributed by atoms with E-state index in [0.717, 1.165) is 26.7 Å². The minimum Gasteiger partial charge on any atom is -0.481 e. The third-order valence-corrected chi connectivity index (χ3v) is 5.92. The molecule has 0 atom stereocenters. The van der Waals surface area contributed by atoms with Gasteiger partial charge in [-0.2, -0.15) is 0 Å². The number of benzene rings is 3. The summed E-state index contributed by atoms with van der Waals surface area (Å²) in [5.41, 5.74) is 4.35. The summed E-state index contributed by atoms with van der Waals surface area (Å²) in [6.07, 6.45) is 1.26. The highest BCUT2D eigenvalue weighted by Crippen LogP contribution is 2.26. The van der Waals surface area contributed by atoms with Gasteiger partial charge in [0.05, 0.1) is 0 Å². The molecule has 3 aromatic carbocycles. The number of hydrogen-bond acceptors (Lipinski definition) is 5. The lowest BCUT2D eigenvalue weighted by atomic mass is 10.0. The fraction of sp³-hybridized carbons (Fsp3) is 0.120. The van der Waals surface area contributed by atoms with Crippen LogP contribution < -0.4 is 5.32 Å². The van der Waals surface area contributed by atoms with Crippen molar-refractivity contribution in [2.24, 2.45) is 0 Å². The first-order chi connectivity index (χ1) is 15.6. The number of carbonyl (C=O) groups is 2. The van der Waals surface area contributed by atoms with Crippen molar-refractivity contribution in [2.75, 3.05) is 5.32 Å². The van der Waals surface area contributed by atoms with Crippen molar-refractivity contribution >= 4 is 28.9 Å². The van der Waals surface area contributed by atoms with Crippen LogP contribution >= 0.6 is 11.3 Å². The maximum Gasteiger partial charge on any atom is 0.303 e. The molecule has 160 valence electrons. The van der Waals surface area contributed by atoms with E-state index in [1.165, 1.54) is 11.3 Å². The van der Waals surface area contributed by atoms with Gasteiger partial charge in [0.2, 0.25) is 0 Å². The molecule has 0 fully saturated rings. The fourth-order valence-electron chi connectivity index (χ4n) is 3.21. The first-order valence-corrected chi connectivity index (χ1v) is 11.0. The van der Waals surface area contributed by atoms with Crippen LogP contribution in [0, 0.1) is 0 Å². The summed E-state index contributed by atoms with van der Waals surface area (Å²) in [6, 6.07) is 25.0. The molecule has 1 aromatic heterocycles. The number of carboxylic acids is 1. The molecule has 2 N–H and O–H groups in total. The number of nitrogens with one attached hydrogen (secondary N) is 1. The van der Waals surface area contributed by atoms with Gasteiger partial charge in [-0.05, 0) is 53.9 Å². The monoisotopic (exact) mass is 443 g/mol. The Morgan fingerprint density at radius 1 is 0.812 bits per heavy atom. The first-order valence-electron chi connectivity index (χ1n) is 10.2. The van der Waals surface area contributed by atoms with Crippen molar-refractivity contribution in [1.29, 1.82) is 0 Å². The predicted octanol–water partition coefficient (Wildman–Crippen LogP) is 5.53. The largest absolute Gasteiger partial charge is 0.481 e. The average Bonchev–Trinajstić information content (AvgIpc) is 3.29. The number of aryl methyl sites for hydroxylation is 1. The second kappa shape index (κ2) is 9.98. The van der Waals surface area contributed by atoms with Gasteiger partial charge in [-0.25, -0.2) is 0 Å². The van der Waals surface area contributed by atoms with Crippen molar-refractivity contribution in [1.82, 2.24) is 10.2 Å². The van der Waals surface area contributed by atoms with E-state index in [0.29, 0.717) is 24.1 Å². The van der Waals surface area contributed by atoms with Gasteiger partial charge in [0.15, 0.2) is 0 Å². The molecule has 0 bridgehead atoms. The highest BCUT2D eigenvalue weighted by Gasteiger charge is 2.10. The number of nitrogens with zero attached hydrogens (tertiary/aromatic N) is 2. The lowest BCUT2D eigenvalue weighted by Crippen LogP contribution is -2.11. The van der Waals surface area contributed by atoms with Crippen LogP contribution in [0.4, 0.5) is 5.69 Å². The molecule has 0 aliphatic carbocycles. The molecular formula is C25H21N3O3S. The minimum absolute atomic E-state index is 0.123. The van der Waals surface area contributed by atoms with E-state index < -0.39 is 5.97 Å². The van der Waals surface area contributed by atoms with Crippen LogP contribution in [0.25, 0.3) is 21.7 Å². The van der Waals surface area contributed by atoms with E-state index >= 15 is 0 Å². The lowest BCUT2D eigenvalue weighted by molar-refractivity contribution is -0.137. The molecule has 4 rings (SSSR count). The van der Waals surface area contributed by atoms with E-state index in [1.54, 1.807) is 0 Å². The summed E-state index contributed by atoms with van der Waals surface area (Å²) in [5, 5.41) is 21.6. The fourth-order valence-corrected chi connectivity index (χ4v) is 4.09.